The van der Waals surface area contributed by atoms with Gasteiger partial charge in [0.15, 0.2) is 0 Å². The van der Waals surface area contributed by atoms with Crippen molar-refractivity contribution in [3.05, 3.63) is 58.9 Å². The highest BCUT2D eigenvalue weighted by molar-refractivity contribution is 6.33. The van der Waals surface area contributed by atoms with Crippen LogP contribution in [0.3, 0.4) is 0 Å². The van der Waals surface area contributed by atoms with Gasteiger partial charge in [0.1, 0.15) is 5.82 Å². The maximum absolute atomic E-state index is 13.4. The zero-order valence-corrected chi connectivity index (χ0v) is 16.0. The van der Waals surface area contributed by atoms with Crippen LogP contribution in [0.5, 0.6) is 0 Å². The first kappa shape index (κ1) is 19.0. The van der Waals surface area contributed by atoms with Crippen LogP contribution in [0, 0.1) is 17.7 Å². The monoisotopic (exact) mass is 369 g/mol. The Kier molecular flexibility index (Phi) is 6.72. The van der Waals surface area contributed by atoms with Crippen molar-refractivity contribution < 1.29 is 4.39 Å². The van der Waals surface area contributed by atoms with Crippen molar-refractivity contribution in [1.29, 1.82) is 0 Å². The lowest BCUT2D eigenvalue weighted by Gasteiger charge is -2.32. The summed E-state index contributed by atoms with van der Waals surface area (Å²) in [5, 5.41) is 0.599. The molecule has 0 heterocycles. The largest absolute Gasteiger partial charge is 0.290 e. The van der Waals surface area contributed by atoms with Crippen LogP contribution in [0.4, 0.5) is 4.39 Å². The Morgan fingerprint density at radius 2 is 1.92 bits per heavy atom. The summed E-state index contributed by atoms with van der Waals surface area (Å²) in [4.78, 5) is 2.48. The molecule has 2 aromatic carbocycles. The lowest BCUT2D eigenvalue weighted by molar-refractivity contribution is 0.183. The van der Waals surface area contributed by atoms with Crippen LogP contribution >= 0.6 is 11.6 Å². The first-order valence-electron chi connectivity index (χ1n) is 9.46. The quantitative estimate of drug-likeness (QED) is 0.584. The van der Waals surface area contributed by atoms with E-state index in [-0.39, 0.29) is 5.82 Å². The number of halogens is 2. The Morgan fingerprint density at radius 3 is 2.62 bits per heavy atom. The number of benzene rings is 2. The second-order valence-corrected chi connectivity index (χ2v) is 7.27. The zero-order valence-electron chi connectivity index (χ0n) is 15.3. The van der Waals surface area contributed by atoms with Gasteiger partial charge >= 0.3 is 0 Å². The molecule has 1 aliphatic carbocycles. The summed E-state index contributed by atoms with van der Waals surface area (Å²) in [5.74, 6) is 6.27. The first-order chi connectivity index (χ1) is 12.7. The van der Waals surface area contributed by atoms with Crippen LogP contribution < -0.4 is 0 Å². The third-order valence-electron chi connectivity index (χ3n) is 5.12. The summed E-state index contributed by atoms with van der Waals surface area (Å²) >= 11 is 6.41. The Labute approximate surface area is 161 Å². The van der Waals surface area contributed by atoms with E-state index in [1.165, 1.54) is 44.2 Å². The molecule has 2 aromatic rings. The molecule has 3 heteroatoms. The predicted molar refractivity (Wildman–Crippen MR) is 108 cm³/mol. The zero-order chi connectivity index (χ0) is 18.4. The van der Waals surface area contributed by atoms with E-state index in [4.69, 9.17) is 11.6 Å². The van der Waals surface area contributed by atoms with Crippen molar-refractivity contribution in [3.8, 4) is 23.0 Å². The van der Waals surface area contributed by atoms with E-state index in [0.717, 1.165) is 29.8 Å². The van der Waals surface area contributed by atoms with E-state index in [2.05, 4.69) is 23.7 Å². The van der Waals surface area contributed by atoms with Gasteiger partial charge in [-0.25, -0.2) is 4.39 Å². The fraction of sp³-hybridized carbons (Fsp3) is 0.391. The molecule has 0 N–H and O–H groups in total. The lowest BCUT2D eigenvalue weighted by atomic mass is 9.94. The molecule has 1 saturated carbocycles. The number of hydrogen-bond donors (Lipinski definition) is 0. The van der Waals surface area contributed by atoms with Gasteiger partial charge in [0.25, 0.3) is 0 Å². The van der Waals surface area contributed by atoms with Crippen LogP contribution in [0.15, 0.2) is 42.5 Å². The molecule has 1 aliphatic rings. The van der Waals surface area contributed by atoms with Crippen molar-refractivity contribution in [2.45, 2.75) is 45.1 Å². The molecule has 0 amide bonds. The Morgan fingerprint density at radius 1 is 1.12 bits per heavy atom. The minimum Gasteiger partial charge on any atom is -0.290 e. The van der Waals surface area contributed by atoms with E-state index in [1.54, 1.807) is 6.07 Å². The Hall–Kier alpha value is -1.82. The van der Waals surface area contributed by atoms with E-state index in [9.17, 15) is 4.39 Å². The third-order valence-corrected chi connectivity index (χ3v) is 5.43. The van der Waals surface area contributed by atoms with Gasteiger partial charge in [0.2, 0.25) is 0 Å². The molecular formula is C23H25ClFN. The van der Waals surface area contributed by atoms with Crippen molar-refractivity contribution in [2.75, 3.05) is 13.1 Å². The molecule has 0 radical (unpaired) electrons. The minimum atomic E-state index is -0.259. The second-order valence-electron chi connectivity index (χ2n) is 6.86. The topological polar surface area (TPSA) is 3.24 Å². The Balaban J connectivity index is 1.69. The SMILES string of the molecule is CCN(CC#Cc1ccc(-c2cccc(F)c2)c(Cl)c1)C1CCCCC1. The fourth-order valence-electron chi connectivity index (χ4n) is 3.67. The first-order valence-corrected chi connectivity index (χ1v) is 9.83. The van der Waals surface area contributed by atoms with Crippen LogP contribution in [-0.4, -0.2) is 24.0 Å². The molecular weight excluding hydrogens is 345 g/mol. The molecule has 0 spiro atoms. The molecule has 0 aliphatic heterocycles. The number of nitrogens with zero attached hydrogens (tertiary/aromatic N) is 1. The summed E-state index contributed by atoms with van der Waals surface area (Å²) in [6.45, 7) is 4.05. The maximum atomic E-state index is 13.4. The van der Waals surface area contributed by atoms with Crippen molar-refractivity contribution >= 4 is 11.6 Å². The minimum absolute atomic E-state index is 0.259. The third kappa shape index (κ3) is 4.87. The van der Waals surface area contributed by atoms with Gasteiger partial charge in [-0.1, -0.05) is 67.8 Å². The number of hydrogen-bond acceptors (Lipinski definition) is 1. The average molecular weight is 370 g/mol. The fourth-order valence-corrected chi connectivity index (χ4v) is 3.96. The molecule has 26 heavy (non-hydrogen) atoms. The molecule has 136 valence electrons. The summed E-state index contributed by atoms with van der Waals surface area (Å²) in [6.07, 6.45) is 6.64. The predicted octanol–water partition coefficient (Wildman–Crippen LogP) is 6.15. The van der Waals surface area contributed by atoms with Gasteiger partial charge < -0.3 is 0 Å². The summed E-state index contributed by atoms with van der Waals surface area (Å²) in [5.41, 5.74) is 2.51. The summed E-state index contributed by atoms with van der Waals surface area (Å²) < 4.78 is 13.4. The molecule has 1 nitrogen and oxygen atoms in total. The van der Waals surface area contributed by atoms with Crippen LogP contribution in [-0.2, 0) is 0 Å². The molecule has 1 fully saturated rings. The number of rotatable bonds is 4. The van der Waals surface area contributed by atoms with E-state index in [0.29, 0.717) is 11.1 Å². The van der Waals surface area contributed by atoms with Crippen molar-refractivity contribution in [1.82, 2.24) is 4.90 Å². The van der Waals surface area contributed by atoms with Gasteiger partial charge in [0.05, 0.1) is 6.54 Å². The van der Waals surface area contributed by atoms with E-state index < -0.39 is 0 Å². The van der Waals surface area contributed by atoms with Gasteiger partial charge in [-0.05, 0) is 49.2 Å². The lowest BCUT2D eigenvalue weighted by Crippen LogP contribution is -2.36. The summed E-state index contributed by atoms with van der Waals surface area (Å²) in [7, 11) is 0. The molecule has 0 saturated heterocycles. The molecule has 0 aromatic heterocycles. The van der Waals surface area contributed by atoms with Gasteiger partial charge in [-0.15, -0.1) is 0 Å². The van der Waals surface area contributed by atoms with Gasteiger partial charge in [-0.3, -0.25) is 4.90 Å². The van der Waals surface area contributed by atoms with E-state index in [1.807, 2.05) is 24.3 Å². The van der Waals surface area contributed by atoms with Gasteiger partial charge in [-0.2, -0.15) is 0 Å². The van der Waals surface area contributed by atoms with Crippen LogP contribution in [0.1, 0.15) is 44.6 Å². The highest BCUT2D eigenvalue weighted by Gasteiger charge is 2.18. The van der Waals surface area contributed by atoms with E-state index >= 15 is 0 Å². The second kappa shape index (κ2) is 9.21. The summed E-state index contributed by atoms with van der Waals surface area (Å²) in [6, 6.07) is 12.9. The average Bonchev–Trinajstić information content (AvgIpc) is 2.66. The molecule has 0 bridgehead atoms. The highest BCUT2D eigenvalue weighted by Crippen LogP contribution is 2.29. The highest BCUT2D eigenvalue weighted by atomic mass is 35.5. The van der Waals surface area contributed by atoms with Crippen LogP contribution in [0.2, 0.25) is 5.02 Å². The Bertz CT molecular complexity index is 799. The molecule has 0 atom stereocenters. The normalized spacial score (nSPS) is 14.9. The smallest absolute Gasteiger partial charge is 0.123 e. The standard InChI is InChI=1S/C23H25ClFN/c1-2-26(21-11-4-3-5-12-21)15-7-8-18-13-14-22(23(24)16-18)19-9-6-10-20(25)17-19/h6,9-10,13-14,16-17,21H,2-5,11-12,15H2,1H3. The van der Waals surface area contributed by atoms with Crippen molar-refractivity contribution in [3.63, 3.8) is 0 Å². The molecule has 3 rings (SSSR count). The van der Waals surface area contributed by atoms with Crippen LogP contribution in [0.25, 0.3) is 11.1 Å². The van der Waals surface area contributed by atoms with Gasteiger partial charge in [0, 0.05) is 22.2 Å². The van der Waals surface area contributed by atoms with Crippen molar-refractivity contribution in [2.24, 2.45) is 0 Å². The molecule has 0 unspecified atom stereocenters. The maximum Gasteiger partial charge on any atom is 0.123 e.